The highest BCUT2D eigenvalue weighted by Gasteiger charge is 2.29. The number of carbonyl (C=O) groups excluding carboxylic acids is 3. The Balaban J connectivity index is 2.91. The predicted molar refractivity (Wildman–Crippen MR) is 98.8 cm³/mol. The van der Waals surface area contributed by atoms with Crippen LogP contribution in [0, 0.1) is 5.41 Å². The first-order valence-corrected chi connectivity index (χ1v) is 8.62. The highest BCUT2D eigenvalue weighted by atomic mass is 16.6. The van der Waals surface area contributed by atoms with Crippen LogP contribution in [-0.2, 0) is 23.8 Å². The van der Waals surface area contributed by atoms with Crippen LogP contribution < -0.4 is 0 Å². The van der Waals surface area contributed by atoms with Crippen LogP contribution in [0.25, 0.3) is 0 Å². The Hall–Kier alpha value is -3.16. The first-order chi connectivity index (χ1) is 13.1. The molecule has 1 unspecified atom stereocenters. The average molecular weight is 392 g/mol. The molecule has 0 radical (unpaired) electrons. The fourth-order valence-electron chi connectivity index (χ4n) is 1.92. The summed E-state index contributed by atoms with van der Waals surface area (Å²) in [6.07, 6.45) is 0.355. The maximum absolute atomic E-state index is 12.4. The number of carboxylic acid groups (broad SMARTS) is 1. The van der Waals surface area contributed by atoms with Gasteiger partial charge in [0.25, 0.3) is 0 Å². The van der Waals surface area contributed by atoms with Crippen molar-refractivity contribution in [2.45, 2.75) is 33.3 Å². The minimum absolute atomic E-state index is 0.171. The Morgan fingerprint density at radius 1 is 1.11 bits per heavy atom. The number of hydrogen-bond donors (Lipinski definition) is 1. The Morgan fingerprint density at radius 2 is 1.68 bits per heavy atom. The summed E-state index contributed by atoms with van der Waals surface area (Å²) < 4.78 is 15.3. The van der Waals surface area contributed by atoms with E-state index in [-0.39, 0.29) is 24.3 Å². The van der Waals surface area contributed by atoms with Gasteiger partial charge in [-0.15, -0.1) is 0 Å². The molecule has 0 saturated heterocycles. The minimum Gasteiger partial charge on any atom is -0.478 e. The molecule has 1 aromatic rings. The molecule has 0 spiro atoms. The third kappa shape index (κ3) is 6.53. The van der Waals surface area contributed by atoms with Gasteiger partial charge in [0.05, 0.1) is 16.5 Å². The van der Waals surface area contributed by atoms with Crippen molar-refractivity contribution >= 4 is 23.9 Å². The minimum atomic E-state index is -1.29. The van der Waals surface area contributed by atoms with Gasteiger partial charge in [-0.05, 0) is 32.4 Å². The summed E-state index contributed by atoms with van der Waals surface area (Å²) in [5.41, 5.74) is -1.14. The molecule has 0 aromatic heterocycles. The Morgan fingerprint density at radius 3 is 2.21 bits per heavy atom. The number of rotatable bonds is 10. The molecule has 1 aromatic carbocycles. The van der Waals surface area contributed by atoms with Gasteiger partial charge in [0.1, 0.15) is 13.2 Å². The average Bonchev–Trinajstić information content (AvgIpc) is 2.68. The molecule has 0 fully saturated rings. The molecule has 0 aliphatic carbocycles. The van der Waals surface area contributed by atoms with E-state index in [0.29, 0.717) is 6.42 Å². The SMILES string of the molecule is C=CC(=O)OCC(COC(=O)C(C)(C)CC)OC(=O)c1ccccc1C(=O)O. The first-order valence-electron chi connectivity index (χ1n) is 8.62. The van der Waals surface area contributed by atoms with Crippen molar-refractivity contribution in [2.24, 2.45) is 5.41 Å². The van der Waals surface area contributed by atoms with E-state index in [1.165, 1.54) is 24.3 Å². The molecule has 1 rings (SSSR count). The zero-order valence-corrected chi connectivity index (χ0v) is 16.1. The number of aromatic carboxylic acids is 1. The lowest BCUT2D eigenvalue weighted by Gasteiger charge is -2.23. The summed E-state index contributed by atoms with van der Waals surface area (Å²) in [6, 6.07) is 5.51. The standard InChI is InChI=1S/C20H24O8/c1-5-16(21)26-11-13(12-27-19(25)20(3,4)6-2)28-18(24)15-10-8-7-9-14(15)17(22)23/h5,7-10,13H,1,6,11-12H2,2-4H3,(H,22,23). The second-order valence-electron chi connectivity index (χ2n) is 6.55. The van der Waals surface area contributed by atoms with Crippen LogP contribution in [0.15, 0.2) is 36.9 Å². The van der Waals surface area contributed by atoms with Crippen molar-refractivity contribution in [3.8, 4) is 0 Å². The number of hydrogen-bond acceptors (Lipinski definition) is 7. The Bertz CT molecular complexity index is 750. The third-order valence-electron chi connectivity index (χ3n) is 4.07. The van der Waals surface area contributed by atoms with Gasteiger partial charge >= 0.3 is 23.9 Å². The summed E-state index contributed by atoms with van der Waals surface area (Å²) in [6.45, 7) is 7.76. The van der Waals surface area contributed by atoms with Crippen LogP contribution in [0.2, 0.25) is 0 Å². The molecule has 0 heterocycles. The lowest BCUT2D eigenvalue weighted by Crippen LogP contribution is -2.34. The number of carboxylic acids is 1. The summed E-state index contributed by atoms with van der Waals surface area (Å²) in [7, 11) is 0. The molecule has 0 aliphatic rings. The van der Waals surface area contributed by atoms with Crippen molar-refractivity contribution in [1.82, 2.24) is 0 Å². The van der Waals surface area contributed by atoms with Gasteiger partial charge in [0, 0.05) is 6.08 Å². The Labute approximate surface area is 163 Å². The normalized spacial score (nSPS) is 11.8. The molecular weight excluding hydrogens is 368 g/mol. The van der Waals surface area contributed by atoms with E-state index >= 15 is 0 Å². The number of esters is 3. The maximum Gasteiger partial charge on any atom is 0.339 e. The smallest absolute Gasteiger partial charge is 0.339 e. The van der Waals surface area contributed by atoms with Crippen molar-refractivity contribution in [2.75, 3.05) is 13.2 Å². The van der Waals surface area contributed by atoms with Crippen LogP contribution in [0.4, 0.5) is 0 Å². The van der Waals surface area contributed by atoms with Gasteiger partial charge in [-0.25, -0.2) is 14.4 Å². The molecule has 0 aliphatic heterocycles. The highest BCUT2D eigenvalue weighted by molar-refractivity contribution is 6.02. The summed E-state index contributed by atoms with van der Waals surface area (Å²) in [5, 5.41) is 9.19. The lowest BCUT2D eigenvalue weighted by molar-refractivity contribution is -0.159. The van der Waals surface area contributed by atoms with E-state index in [0.717, 1.165) is 6.08 Å². The van der Waals surface area contributed by atoms with Gasteiger partial charge < -0.3 is 19.3 Å². The van der Waals surface area contributed by atoms with Crippen LogP contribution >= 0.6 is 0 Å². The van der Waals surface area contributed by atoms with E-state index < -0.39 is 35.4 Å². The summed E-state index contributed by atoms with van der Waals surface area (Å²) in [5.74, 6) is -3.48. The molecule has 1 atom stereocenters. The number of ether oxygens (including phenoxy) is 3. The maximum atomic E-state index is 12.4. The van der Waals surface area contributed by atoms with Crippen LogP contribution in [0.5, 0.6) is 0 Å². The van der Waals surface area contributed by atoms with Gasteiger partial charge in [-0.2, -0.15) is 0 Å². The van der Waals surface area contributed by atoms with Crippen molar-refractivity contribution < 1.29 is 38.5 Å². The van der Waals surface area contributed by atoms with Gasteiger partial charge in [0.15, 0.2) is 6.10 Å². The topological polar surface area (TPSA) is 116 Å². The predicted octanol–water partition coefficient (Wildman–Crippen LogP) is 2.62. The molecule has 152 valence electrons. The van der Waals surface area contributed by atoms with E-state index in [4.69, 9.17) is 14.2 Å². The third-order valence-corrected chi connectivity index (χ3v) is 4.07. The van der Waals surface area contributed by atoms with Crippen molar-refractivity contribution in [3.63, 3.8) is 0 Å². The monoisotopic (exact) mass is 392 g/mol. The van der Waals surface area contributed by atoms with E-state index in [1.807, 2.05) is 6.92 Å². The molecule has 0 bridgehead atoms. The van der Waals surface area contributed by atoms with Gasteiger partial charge in [-0.1, -0.05) is 25.6 Å². The van der Waals surface area contributed by atoms with E-state index in [1.54, 1.807) is 13.8 Å². The second-order valence-corrected chi connectivity index (χ2v) is 6.55. The molecule has 0 saturated carbocycles. The second kappa shape index (κ2) is 10.2. The fraction of sp³-hybridized carbons (Fsp3) is 0.400. The lowest BCUT2D eigenvalue weighted by atomic mass is 9.91. The van der Waals surface area contributed by atoms with Gasteiger partial charge in [-0.3, -0.25) is 4.79 Å². The molecule has 8 nitrogen and oxygen atoms in total. The zero-order chi connectivity index (χ0) is 21.3. The van der Waals surface area contributed by atoms with Crippen molar-refractivity contribution in [1.29, 1.82) is 0 Å². The Kier molecular flexibility index (Phi) is 8.37. The molecule has 8 heteroatoms. The molecule has 0 amide bonds. The zero-order valence-electron chi connectivity index (χ0n) is 16.1. The molecule has 1 N–H and O–H groups in total. The van der Waals surface area contributed by atoms with E-state index in [9.17, 15) is 24.3 Å². The summed E-state index contributed by atoms with van der Waals surface area (Å²) in [4.78, 5) is 47.1. The highest BCUT2D eigenvalue weighted by Crippen LogP contribution is 2.22. The number of carbonyl (C=O) groups is 4. The van der Waals surface area contributed by atoms with Gasteiger partial charge in [0.2, 0.25) is 0 Å². The van der Waals surface area contributed by atoms with Crippen LogP contribution in [0.3, 0.4) is 0 Å². The van der Waals surface area contributed by atoms with Crippen LogP contribution in [0.1, 0.15) is 47.9 Å². The fourth-order valence-corrected chi connectivity index (χ4v) is 1.92. The molecular formula is C20H24O8. The van der Waals surface area contributed by atoms with Crippen molar-refractivity contribution in [3.05, 3.63) is 48.0 Å². The molecule has 28 heavy (non-hydrogen) atoms. The number of benzene rings is 1. The summed E-state index contributed by atoms with van der Waals surface area (Å²) >= 11 is 0. The van der Waals surface area contributed by atoms with Crippen LogP contribution in [-0.4, -0.2) is 48.3 Å². The quantitative estimate of drug-likeness (QED) is 0.367. The first kappa shape index (κ1) is 22.9. The largest absolute Gasteiger partial charge is 0.478 e. The van der Waals surface area contributed by atoms with E-state index in [2.05, 4.69) is 6.58 Å².